The van der Waals surface area contributed by atoms with E-state index < -0.39 is 0 Å². The van der Waals surface area contributed by atoms with Crippen LogP contribution in [0.1, 0.15) is 24.2 Å². The normalized spacial score (nSPS) is 15.1. The molecule has 0 bridgehead atoms. The summed E-state index contributed by atoms with van der Waals surface area (Å²) >= 11 is 0. The number of hydrogen-bond acceptors (Lipinski definition) is 5. The van der Waals surface area contributed by atoms with E-state index in [0.717, 1.165) is 43.4 Å². The van der Waals surface area contributed by atoms with Gasteiger partial charge >= 0.3 is 0 Å². The minimum Gasteiger partial charge on any atom is -0.360 e. The Balaban J connectivity index is 1.32. The first-order valence-electron chi connectivity index (χ1n) is 9.82. The van der Waals surface area contributed by atoms with Gasteiger partial charge in [-0.15, -0.1) is 0 Å². The summed E-state index contributed by atoms with van der Waals surface area (Å²) in [6.45, 7) is 3.73. The first-order chi connectivity index (χ1) is 13.6. The lowest BCUT2D eigenvalue weighted by Gasteiger charge is -2.32. The first kappa shape index (κ1) is 18.4. The second-order valence-electron chi connectivity index (χ2n) is 7.49. The fourth-order valence-electron chi connectivity index (χ4n) is 3.87. The molecule has 0 aliphatic carbocycles. The third-order valence-electron chi connectivity index (χ3n) is 5.45. The Kier molecular flexibility index (Phi) is 5.23. The number of nitrogens with one attached hydrogen (secondary N) is 1. The van der Waals surface area contributed by atoms with Gasteiger partial charge in [-0.1, -0.05) is 30.3 Å². The third-order valence-corrected chi connectivity index (χ3v) is 5.45. The number of nitrogens with zero attached hydrogens (tertiary/aromatic N) is 5. The summed E-state index contributed by atoms with van der Waals surface area (Å²) in [4.78, 5) is 23.5. The number of benzene rings is 1. The van der Waals surface area contributed by atoms with E-state index >= 15 is 0 Å². The van der Waals surface area contributed by atoms with Crippen molar-refractivity contribution in [3.05, 3.63) is 47.9 Å². The van der Waals surface area contributed by atoms with Gasteiger partial charge in [-0.3, -0.25) is 9.48 Å². The molecule has 1 N–H and O–H groups in total. The highest BCUT2D eigenvalue weighted by Gasteiger charge is 2.23. The van der Waals surface area contributed by atoms with Crippen molar-refractivity contribution in [3.8, 4) is 0 Å². The number of carbonyl (C=O) groups excluding carboxylic acids is 1. The van der Waals surface area contributed by atoms with Gasteiger partial charge in [0, 0.05) is 20.1 Å². The van der Waals surface area contributed by atoms with Crippen molar-refractivity contribution >= 4 is 22.8 Å². The number of rotatable bonds is 5. The molecule has 1 saturated heterocycles. The minimum atomic E-state index is 0.117. The largest absolute Gasteiger partial charge is 0.360 e. The monoisotopic (exact) mass is 378 g/mol. The highest BCUT2D eigenvalue weighted by Crippen LogP contribution is 2.22. The van der Waals surface area contributed by atoms with E-state index in [1.807, 2.05) is 18.9 Å². The van der Waals surface area contributed by atoms with E-state index in [-0.39, 0.29) is 12.5 Å². The molecule has 3 heterocycles. The van der Waals surface area contributed by atoms with Crippen LogP contribution in [0, 0.1) is 12.8 Å². The molecule has 7 heteroatoms. The molecule has 1 aliphatic rings. The first-order valence-corrected chi connectivity index (χ1v) is 9.82. The maximum Gasteiger partial charge on any atom is 0.241 e. The van der Waals surface area contributed by atoms with E-state index in [2.05, 4.69) is 50.7 Å². The van der Waals surface area contributed by atoms with Crippen molar-refractivity contribution in [3.63, 3.8) is 0 Å². The number of piperidine rings is 1. The number of likely N-dealkylation sites (tertiary alicyclic amines) is 1. The van der Waals surface area contributed by atoms with E-state index in [9.17, 15) is 4.79 Å². The minimum absolute atomic E-state index is 0.117. The summed E-state index contributed by atoms with van der Waals surface area (Å²) in [6.07, 6.45) is 4.94. The van der Waals surface area contributed by atoms with Crippen LogP contribution in [0.5, 0.6) is 0 Å². The fraction of sp³-hybridized carbons (Fsp3) is 0.429. The lowest BCUT2D eigenvalue weighted by molar-refractivity contribution is -0.130. The molecule has 1 amide bonds. The number of aryl methyl sites for hydroxylation is 2. The topological polar surface area (TPSA) is 75.9 Å². The molecule has 0 atom stereocenters. The van der Waals surface area contributed by atoms with Crippen LogP contribution in [-0.2, 0) is 18.3 Å². The summed E-state index contributed by atoms with van der Waals surface area (Å²) in [5.74, 6) is 2.10. The summed E-state index contributed by atoms with van der Waals surface area (Å²) in [7, 11) is 1.85. The van der Waals surface area contributed by atoms with Crippen LogP contribution in [0.2, 0.25) is 0 Å². The molecule has 0 saturated carbocycles. The predicted octanol–water partition coefficient (Wildman–Crippen LogP) is 2.56. The standard InChI is InChI=1S/C21H26N6O/c1-15-24-20(18-13-23-26(2)21(18)25-15)22-14-19(28)27-10-8-17(9-11-27)12-16-6-4-3-5-7-16/h3-7,13,17H,8-12,14H2,1-2H3,(H,22,24,25). The van der Waals surface area contributed by atoms with Crippen LogP contribution in [0.3, 0.4) is 0 Å². The predicted molar refractivity (Wildman–Crippen MR) is 109 cm³/mol. The average molecular weight is 378 g/mol. The number of aromatic nitrogens is 4. The van der Waals surface area contributed by atoms with Gasteiger partial charge in [-0.2, -0.15) is 5.10 Å². The van der Waals surface area contributed by atoms with Gasteiger partial charge in [0.15, 0.2) is 5.65 Å². The number of carbonyl (C=O) groups is 1. The Morgan fingerprint density at radius 1 is 1.18 bits per heavy atom. The maximum atomic E-state index is 12.7. The van der Waals surface area contributed by atoms with Gasteiger partial charge in [-0.05, 0) is 37.7 Å². The lowest BCUT2D eigenvalue weighted by atomic mass is 9.90. The van der Waals surface area contributed by atoms with Crippen molar-refractivity contribution in [2.45, 2.75) is 26.2 Å². The van der Waals surface area contributed by atoms with E-state index in [4.69, 9.17) is 0 Å². The molecular weight excluding hydrogens is 352 g/mol. The number of anilines is 1. The highest BCUT2D eigenvalue weighted by atomic mass is 16.2. The molecule has 146 valence electrons. The van der Waals surface area contributed by atoms with Crippen LogP contribution in [0.4, 0.5) is 5.82 Å². The summed E-state index contributed by atoms with van der Waals surface area (Å²) in [5, 5.41) is 8.27. The molecule has 2 aromatic heterocycles. The van der Waals surface area contributed by atoms with Crippen LogP contribution < -0.4 is 5.32 Å². The molecule has 0 spiro atoms. The molecule has 0 unspecified atom stereocenters. The molecule has 1 fully saturated rings. The van der Waals surface area contributed by atoms with Gasteiger partial charge in [-0.25, -0.2) is 9.97 Å². The zero-order chi connectivity index (χ0) is 19.5. The quantitative estimate of drug-likeness (QED) is 0.738. The number of hydrogen-bond donors (Lipinski definition) is 1. The number of fused-ring (bicyclic) bond motifs is 1. The van der Waals surface area contributed by atoms with Gasteiger partial charge in [0.2, 0.25) is 5.91 Å². The summed E-state index contributed by atoms with van der Waals surface area (Å²) in [6, 6.07) is 10.6. The van der Waals surface area contributed by atoms with Crippen LogP contribution >= 0.6 is 0 Å². The van der Waals surface area contributed by atoms with E-state index in [1.54, 1.807) is 10.9 Å². The van der Waals surface area contributed by atoms with Gasteiger partial charge in [0.05, 0.1) is 18.1 Å². The molecule has 1 aliphatic heterocycles. The second kappa shape index (κ2) is 7.96. The third kappa shape index (κ3) is 3.98. The van der Waals surface area contributed by atoms with Gasteiger partial charge < -0.3 is 10.2 Å². The number of amides is 1. The van der Waals surface area contributed by atoms with Crippen molar-refractivity contribution < 1.29 is 4.79 Å². The average Bonchev–Trinajstić information content (AvgIpc) is 3.08. The molecule has 0 radical (unpaired) electrons. The maximum absolute atomic E-state index is 12.7. The molecule has 3 aromatic rings. The molecule has 7 nitrogen and oxygen atoms in total. The molecule has 1 aromatic carbocycles. The van der Waals surface area contributed by atoms with Gasteiger partial charge in [0.1, 0.15) is 11.6 Å². The van der Waals surface area contributed by atoms with Gasteiger partial charge in [0.25, 0.3) is 0 Å². The molecule has 4 rings (SSSR count). The smallest absolute Gasteiger partial charge is 0.241 e. The molecular formula is C21H26N6O. The Bertz CT molecular complexity index is 960. The Morgan fingerprint density at radius 3 is 2.68 bits per heavy atom. The Morgan fingerprint density at radius 2 is 1.93 bits per heavy atom. The Hall–Kier alpha value is -2.96. The van der Waals surface area contributed by atoms with Crippen molar-refractivity contribution in [2.75, 3.05) is 25.0 Å². The zero-order valence-electron chi connectivity index (χ0n) is 16.4. The highest BCUT2D eigenvalue weighted by molar-refractivity contribution is 5.89. The summed E-state index contributed by atoms with van der Waals surface area (Å²) in [5.41, 5.74) is 2.15. The zero-order valence-corrected chi connectivity index (χ0v) is 16.4. The van der Waals surface area contributed by atoms with Crippen molar-refractivity contribution in [2.24, 2.45) is 13.0 Å². The summed E-state index contributed by atoms with van der Waals surface area (Å²) < 4.78 is 1.72. The second-order valence-corrected chi connectivity index (χ2v) is 7.49. The lowest BCUT2D eigenvalue weighted by Crippen LogP contribution is -2.41. The van der Waals surface area contributed by atoms with Crippen LogP contribution in [-0.4, -0.2) is 50.2 Å². The Labute approximate surface area is 164 Å². The molecule has 28 heavy (non-hydrogen) atoms. The van der Waals surface area contributed by atoms with E-state index in [1.165, 1.54) is 5.56 Å². The van der Waals surface area contributed by atoms with Crippen LogP contribution in [0.25, 0.3) is 11.0 Å². The van der Waals surface area contributed by atoms with Crippen molar-refractivity contribution in [1.82, 2.24) is 24.6 Å². The van der Waals surface area contributed by atoms with Crippen LogP contribution in [0.15, 0.2) is 36.5 Å². The fourth-order valence-corrected chi connectivity index (χ4v) is 3.87. The van der Waals surface area contributed by atoms with E-state index in [0.29, 0.717) is 17.6 Å². The SMILES string of the molecule is Cc1nc(NCC(=O)N2CCC(Cc3ccccc3)CC2)c2cnn(C)c2n1. The van der Waals surface area contributed by atoms with Crippen molar-refractivity contribution in [1.29, 1.82) is 0 Å².